The van der Waals surface area contributed by atoms with Gasteiger partial charge in [-0.25, -0.2) is 9.59 Å². The van der Waals surface area contributed by atoms with Gasteiger partial charge in [-0.05, 0) is 49.9 Å². The lowest BCUT2D eigenvalue weighted by atomic mass is 10.0. The van der Waals surface area contributed by atoms with Crippen LogP contribution in [0.3, 0.4) is 0 Å². The quantitative estimate of drug-likeness (QED) is 0.508. The molecule has 0 aliphatic heterocycles. The van der Waals surface area contributed by atoms with E-state index in [1.54, 1.807) is 32.9 Å². The van der Waals surface area contributed by atoms with Crippen molar-refractivity contribution in [3.05, 3.63) is 52.3 Å². The molecule has 0 fully saturated rings. The highest BCUT2D eigenvalue weighted by atomic mass is 16.6. The maximum absolute atomic E-state index is 12.5. The molecule has 0 radical (unpaired) electrons. The van der Waals surface area contributed by atoms with Crippen LogP contribution in [-0.2, 0) is 14.3 Å². The second kappa shape index (κ2) is 9.91. The summed E-state index contributed by atoms with van der Waals surface area (Å²) < 4.78 is 15.4. The molecule has 0 unspecified atom stereocenters. The van der Waals surface area contributed by atoms with Crippen LogP contribution in [0.4, 0.5) is 0 Å². The van der Waals surface area contributed by atoms with Crippen molar-refractivity contribution < 1.29 is 28.6 Å². The van der Waals surface area contributed by atoms with E-state index in [0.717, 1.165) is 0 Å². The number of carbonyl (C=O) groups is 3. The third kappa shape index (κ3) is 5.70. The van der Waals surface area contributed by atoms with Gasteiger partial charge in [0.2, 0.25) is 5.78 Å². The maximum Gasteiger partial charge on any atom is 0.355 e. The molecule has 1 heterocycles. The van der Waals surface area contributed by atoms with E-state index in [2.05, 4.69) is 18.8 Å². The second-order valence-corrected chi connectivity index (χ2v) is 6.94. The molecule has 2 aromatic rings. The number of aryl methyl sites for hydroxylation is 1. The number of ether oxygens (including phenoxy) is 3. The fourth-order valence-corrected chi connectivity index (χ4v) is 2.93. The van der Waals surface area contributed by atoms with Gasteiger partial charge in [0.15, 0.2) is 13.2 Å². The molecular weight excluding hydrogens is 374 g/mol. The zero-order valence-electron chi connectivity index (χ0n) is 17.5. The van der Waals surface area contributed by atoms with Crippen molar-refractivity contribution in [1.29, 1.82) is 0 Å². The summed E-state index contributed by atoms with van der Waals surface area (Å²) >= 11 is 0. The highest BCUT2D eigenvalue weighted by molar-refractivity contribution is 6.03. The van der Waals surface area contributed by atoms with Crippen LogP contribution in [0.15, 0.2) is 24.3 Å². The number of H-pyrrole nitrogens is 1. The first-order valence-electron chi connectivity index (χ1n) is 9.52. The summed E-state index contributed by atoms with van der Waals surface area (Å²) in [5.74, 6) is -0.621. The molecule has 0 aliphatic carbocycles. The third-order valence-electron chi connectivity index (χ3n) is 4.46. The fourth-order valence-electron chi connectivity index (χ4n) is 2.93. The van der Waals surface area contributed by atoms with Crippen molar-refractivity contribution >= 4 is 17.7 Å². The van der Waals surface area contributed by atoms with Gasteiger partial charge in [-0.15, -0.1) is 0 Å². The topological polar surface area (TPSA) is 94.7 Å². The Bertz CT molecular complexity index is 879. The van der Waals surface area contributed by atoms with Gasteiger partial charge in [-0.3, -0.25) is 4.79 Å². The Labute approximate surface area is 170 Å². The molecule has 2 rings (SSSR count). The van der Waals surface area contributed by atoms with Gasteiger partial charge in [-0.2, -0.15) is 0 Å². The number of benzene rings is 1. The summed E-state index contributed by atoms with van der Waals surface area (Å²) in [6.07, 6.45) is 0. The highest BCUT2D eigenvalue weighted by Crippen LogP contribution is 2.20. The largest absolute Gasteiger partial charge is 0.482 e. The summed E-state index contributed by atoms with van der Waals surface area (Å²) in [5.41, 5.74) is 2.72. The van der Waals surface area contributed by atoms with E-state index in [4.69, 9.17) is 14.2 Å². The number of hydrogen-bond donors (Lipinski definition) is 1. The Balaban J connectivity index is 1.90. The lowest BCUT2D eigenvalue weighted by Crippen LogP contribution is -2.20. The number of rotatable bonds is 9. The van der Waals surface area contributed by atoms with E-state index < -0.39 is 24.3 Å². The number of aromatic amines is 1. The molecule has 156 valence electrons. The Kier molecular flexibility index (Phi) is 7.59. The Morgan fingerprint density at radius 3 is 2.24 bits per heavy atom. The van der Waals surface area contributed by atoms with Gasteiger partial charge >= 0.3 is 11.9 Å². The van der Waals surface area contributed by atoms with Crippen molar-refractivity contribution in [3.8, 4) is 5.75 Å². The number of Topliss-reactive ketones (excluding diaryl/α,β-unsaturated/α-hetero) is 1. The van der Waals surface area contributed by atoms with Crippen molar-refractivity contribution in [2.45, 2.75) is 40.5 Å². The van der Waals surface area contributed by atoms with Crippen LogP contribution in [0, 0.1) is 13.8 Å². The lowest BCUT2D eigenvalue weighted by Gasteiger charge is -2.09. The molecule has 0 bridgehead atoms. The van der Waals surface area contributed by atoms with Crippen LogP contribution < -0.4 is 4.74 Å². The Morgan fingerprint density at radius 2 is 1.66 bits per heavy atom. The molecule has 7 heteroatoms. The maximum atomic E-state index is 12.5. The molecule has 0 atom stereocenters. The normalized spacial score (nSPS) is 10.7. The number of aromatic nitrogens is 1. The van der Waals surface area contributed by atoms with E-state index in [1.165, 1.54) is 5.56 Å². The predicted molar refractivity (Wildman–Crippen MR) is 108 cm³/mol. The molecule has 1 aromatic carbocycles. The van der Waals surface area contributed by atoms with Crippen LogP contribution in [0.2, 0.25) is 0 Å². The van der Waals surface area contributed by atoms with Gasteiger partial charge in [0.25, 0.3) is 0 Å². The van der Waals surface area contributed by atoms with Crippen LogP contribution in [-0.4, -0.2) is 42.5 Å². The average Bonchev–Trinajstić information content (AvgIpc) is 2.99. The predicted octanol–water partition coefficient (Wildman–Crippen LogP) is 3.74. The van der Waals surface area contributed by atoms with Gasteiger partial charge in [-0.1, -0.05) is 26.0 Å². The van der Waals surface area contributed by atoms with Crippen molar-refractivity contribution in [2.24, 2.45) is 0 Å². The SMILES string of the molecule is CCOC(=O)c1[nH]c(C)c(C(=O)COC(=O)COc2ccc(C(C)C)cc2)c1C. The molecule has 0 spiro atoms. The molecule has 0 saturated carbocycles. The van der Waals surface area contributed by atoms with Crippen molar-refractivity contribution in [2.75, 3.05) is 19.8 Å². The van der Waals surface area contributed by atoms with Crippen LogP contribution in [0.25, 0.3) is 0 Å². The smallest absolute Gasteiger partial charge is 0.355 e. The molecule has 0 amide bonds. The zero-order valence-corrected chi connectivity index (χ0v) is 17.5. The summed E-state index contributed by atoms with van der Waals surface area (Å²) in [5, 5.41) is 0. The zero-order chi connectivity index (χ0) is 21.6. The van der Waals surface area contributed by atoms with Gasteiger partial charge in [0, 0.05) is 11.3 Å². The van der Waals surface area contributed by atoms with Gasteiger partial charge in [0.1, 0.15) is 11.4 Å². The molecular formula is C22H27NO6. The lowest BCUT2D eigenvalue weighted by molar-refractivity contribution is -0.144. The summed E-state index contributed by atoms with van der Waals surface area (Å²) in [6.45, 7) is 8.71. The minimum absolute atomic E-state index is 0.229. The molecule has 0 aliphatic rings. The first-order valence-corrected chi connectivity index (χ1v) is 9.52. The molecule has 1 N–H and O–H groups in total. The summed E-state index contributed by atoms with van der Waals surface area (Å²) in [7, 11) is 0. The second-order valence-electron chi connectivity index (χ2n) is 6.94. The van der Waals surface area contributed by atoms with E-state index in [0.29, 0.717) is 28.5 Å². The van der Waals surface area contributed by atoms with E-state index >= 15 is 0 Å². The number of carbonyl (C=O) groups excluding carboxylic acids is 3. The van der Waals surface area contributed by atoms with E-state index in [9.17, 15) is 14.4 Å². The van der Waals surface area contributed by atoms with Crippen LogP contribution in [0.5, 0.6) is 5.75 Å². The van der Waals surface area contributed by atoms with Crippen LogP contribution in [0.1, 0.15) is 64.4 Å². The number of nitrogens with one attached hydrogen (secondary N) is 1. The Hall–Kier alpha value is -3.09. The van der Waals surface area contributed by atoms with Crippen LogP contribution >= 0.6 is 0 Å². The molecule has 0 saturated heterocycles. The first kappa shape index (κ1) is 22.2. The standard InChI is InChI=1S/C22H27NO6/c1-6-27-22(26)21-14(4)20(15(5)23-21)18(24)11-29-19(25)12-28-17-9-7-16(8-10-17)13(2)3/h7-10,13,23H,6,11-12H2,1-5H3. The highest BCUT2D eigenvalue weighted by Gasteiger charge is 2.23. The van der Waals surface area contributed by atoms with Gasteiger partial charge < -0.3 is 19.2 Å². The molecule has 7 nitrogen and oxygen atoms in total. The van der Waals surface area contributed by atoms with Gasteiger partial charge in [0.05, 0.1) is 6.61 Å². The number of ketones is 1. The van der Waals surface area contributed by atoms with Crippen molar-refractivity contribution in [1.82, 2.24) is 4.98 Å². The average molecular weight is 401 g/mol. The summed E-state index contributed by atoms with van der Waals surface area (Å²) in [6, 6.07) is 7.45. The first-order chi connectivity index (χ1) is 13.7. The van der Waals surface area contributed by atoms with E-state index in [-0.39, 0.29) is 18.9 Å². The van der Waals surface area contributed by atoms with Crippen molar-refractivity contribution in [3.63, 3.8) is 0 Å². The minimum atomic E-state index is -0.650. The third-order valence-corrected chi connectivity index (χ3v) is 4.46. The molecule has 1 aromatic heterocycles. The fraction of sp³-hybridized carbons (Fsp3) is 0.409. The van der Waals surface area contributed by atoms with E-state index in [1.807, 2.05) is 12.1 Å². The Morgan fingerprint density at radius 1 is 1.00 bits per heavy atom. The monoisotopic (exact) mass is 401 g/mol. The minimum Gasteiger partial charge on any atom is -0.482 e. The molecule has 29 heavy (non-hydrogen) atoms. The number of esters is 2. The summed E-state index contributed by atoms with van der Waals surface area (Å²) in [4.78, 5) is 39.2. The number of hydrogen-bond acceptors (Lipinski definition) is 6.